The van der Waals surface area contributed by atoms with E-state index in [1.165, 1.54) is 7.11 Å². The van der Waals surface area contributed by atoms with Crippen molar-refractivity contribution in [2.24, 2.45) is 0 Å². The van der Waals surface area contributed by atoms with Crippen molar-refractivity contribution < 1.29 is 34.1 Å². The van der Waals surface area contributed by atoms with Gasteiger partial charge < -0.3 is 19.7 Å². The van der Waals surface area contributed by atoms with Crippen LogP contribution in [-0.4, -0.2) is 48.4 Å². The Labute approximate surface area is 124 Å². The van der Waals surface area contributed by atoms with Gasteiger partial charge in [-0.3, -0.25) is 0 Å². The van der Waals surface area contributed by atoms with E-state index >= 15 is 0 Å². The van der Waals surface area contributed by atoms with Gasteiger partial charge in [-0.2, -0.15) is 0 Å². The minimum Gasteiger partial charge on any atom is -0.478 e. The van der Waals surface area contributed by atoms with E-state index in [2.05, 4.69) is 29.2 Å². The Morgan fingerprint density at radius 1 is 1.10 bits per heavy atom. The standard InChI is InChI=1S/C6H10O3.C5H8O2.C3H4O2/c1-5(2)6(8)9-4-3-7;1-4(2)5(6)7-3;1-2-3(4)5/h7H,1,3-4H2,2H3;1H2,2-3H3;2H,1H2,(H,4,5). The van der Waals surface area contributed by atoms with Crippen LogP contribution in [0.15, 0.2) is 37.0 Å². The van der Waals surface area contributed by atoms with Crippen LogP contribution < -0.4 is 0 Å². The predicted octanol–water partition coefficient (Wildman–Crippen LogP) is 1.09. The van der Waals surface area contributed by atoms with Crippen LogP contribution in [0.5, 0.6) is 0 Å². The summed E-state index contributed by atoms with van der Waals surface area (Å²) in [4.78, 5) is 29.9. The number of carboxylic acids is 1. The molecule has 0 bridgehead atoms. The molecule has 0 fully saturated rings. The summed E-state index contributed by atoms with van der Waals surface area (Å²) in [6, 6.07) is 0. The Balaban J connectivity index is -0.000000242. The highest BCUT2D eigenvalue weighted by molar-refractivity contribution is 5.87. The first-order valence-electron chi connectivity index (χ1n) is 5.66. The third kappa shape index (κ3) is 23.1. The van der Waals surface area contributed by atoms with E-state index < -0.39 is 11.9 Å². The topological polar surface area (TPSA) is 110 Å². The van der Waals surface area contributed by atoms with Crippen molar-refractivity contribution in [3.05, 3.63) is 37.0 Å². The Kier molecular flexibility index (Phi) is 17.6. The van der Waals surface area contributed by atoms with Crippen LogP contribution >= 0.6 is 0 Å². The molecule has 120 valence electrons. The SMILES string of the molecule is C=C(C)C(=O)OC.C=C(C)C(=O)OCCO.C=CC(=O)O. The van der Waals surface area contributed by atoms with Crippen LogP contribution in [0.4, 0.5) is 0 Å². The fraction of sp³-hybridized carbons (Fsp3) is 0.357. The molecule has 21 heavy (non-hydrogen) atoms. The van der Waals surface area contributed by atoms with Gasteiger partial charge in [0.2, 0.25) is 0 Å². The summed E-state index contributed by atoms with van der Waals surface area (Å²) in [5.41, 5.74) is 0.783. The zero-order valence-corrected chi connectivity index (χ0v) is 12.5. The Morgan fingerprint density at radius 3 is 1.62 bits per heavy atom. The van der Waals surface area contributed by atoms with E-state index in [1.54, 1.807) is 13.8 Å². The molecule has 0 aliphatic rings. The van der Waals surface area contributed by atoms with Gasteiger partial charge in [0.1, 0.15) is 6.61 Å². The first kappa shape index (κ1) is 23.7. The van der Waals surface area contributed by atoms with Crippen molar-refractivity contribution in [1.82, 2.24) is 0 Å². The molecule has 0 aromatic carbocycles. The number of esters is 2. The molecule has 0 aliphatic heterocycles. The van der Waals surface area contributed by atoms with Gasteiger partial charge >= 0.3 is 17.9 Å². The molecule has 0 spiro atoms. The lowest BCUT2D eigenvalue weighted by Gasteiger charge is -1.99. The van der Waals surface area contributed by atoms with E-state index in [9.17, 15) is 14.4 Å². The zero-order chi connectivity index (χ0) is 17.4. The largest absolute Gasteiger partial charge is 0.478 e. The lowest BCUT2D eigenvalue weighted by Crippen LogP contribution is -2.08. The first-order chi connectivity index (χ1) is 9.63. The van der Waals surface area contributed by atoms with Crippen molar-refractivity contribution in [3.8, 4) is 0 Å². The average molecular weight is 302 g/mol. The number of carbonyl (C=O) groups is 3. The van der Waals surface area contributed by atoms with Gasteiger partial charge in [0, 0.05) is 17.2 Å². The van der Waals surface area contributed by atoms with Gasteiger partial charge in [-0.25, -0.2) is 14.4 Å². The van der Waals surface area contributed by atoms with Crippen LogP contribution in [0.1, 0.15) is 13.8 Å². The summed E-state index contributed by atoms with van der Waals surface area (Å²) < 4.78 is 8.74. The number of carbonyl (C=O) groups excluding carboxylic acids is 2. The Morgan fingerprint density at radius 2 is 1.48 bits per heavy atom. The third-order valence-electron chi connectivity index (χ3n) is 1.38. The number of aliphatic hydroxyl groups excluding tert-OH is 1. The summed E-state index contributed by atoms with van der Waals surface area (Å²) in [5.74, 6) is -1.78. The summed E-state index contributed by atoms with van der Waals surface area (Å²) in [6.45, 7) is 12.7. The second-order valence-corrected chi connectivity index (χ2v) is 3.45. The van der Waals surface area contributed by atoms with Crippen molar-refractivity contribution in [2.45, 2.75) is 13.8 Å². The molecule has 0 aliphatic carbocycles. The fourth-order valence-electron chi connectivity index (χ4n) is 0.436. The first-order valence-corrected chi connectivity index (χ1v) is 5.66. The second kappa shape index (κ2) is 15.6. The molecule has 0 unspecified atom stereocenters. The quantitative estimate of drug-likeness (QED) is 0.577. The van der Waals surface area contributed by atoms with Crippen molar-refractivity contribution >= 4 is 17.9 Å². The molecule has 0 saturated heterocycles. The molecule has 0 atom stereocenters. The van der Waals surface area contributed by atoms with Crippen LogP contribution in [0, 0.1) is 0 Å². The molecule has 0 aromatic rings. The van der Waals surface area contributed by atoms with Gasteiger partial charge in [0.05, 0.1) is 13.7 Å². The monoisotopic (exact) mass is 302 g/mol. The van der Waals surface area contributed by atoms with E-state index in [4.69, 9.17) is 10.2 Å². The number of carboxylic acid groups (broad SMARTS) is 1. The van der Waals surface area contributed by atoms with Crippen LogP contribution in [0.2, 0.25) is 0 Å². The van der Waals surface area contributed by atoms with E-state index in [0.29, 0.717) is 11.1 Å². The molecule has 0 aromatic heterocycles. The van der Waals surface area contributed by atoms with E-state index in [-0.39, 0.29) is 19.2 Å². The van der Waals surface area contributed by atoms with Crippen molar-refractivity contribution in [2.75, 3.05) is 20.3 Å². The zero-order valence-electron chi connectivity index (χ0n) is 12.5. The molecule has 0 heterocycles. The summed E-state index contributed by atoms with van der Waals surface area (Å²) in [6.07, 6.45) is 0.833. The highest BCUT2D eigenvalue weighted by Gasteiger charge is 1.99. The molecule has 0 rings (SSSR count). The molecule has 0 saturated carbocycles. The molecular weight excluding hydrogens is 280 g/mol. The van der Waals surface area contributed by atoms with Gasteiger partial charge in [0.15, 0.2) is 0 Å². The van der Waals surface area contributed by atoms with Gasteiger partial charge in [-0.05, 0) is 13.8 Å². The minimum atomic E-state index is -0.981. The number of aliphatic hydroxyl groups is 1. The summed E-state index contributed by atoms with van der Waals surface area (Å²) >= 11 is 0. The Hall–Kier alpha value is -2.41. The Bertz CT molecular complexity index is 383. The maximum atomic E-state index is 10.5. The second-order valence-electron chi connectivity index (χ2n) is 3.45. The molecule has 0 radical (unpaired) electrons. The maximum Gasteiger partial charge on any atom is 0.333 e. The van der Waals surface area contributed by atoms with Gasteiger partial charge in [0.25, 0.3) is 0 Å². The molecule has 7 heteroatoms. The minimum absolute atomic E-state index is 0.0473. The normalized spacial score (nSPS) is 7.81. The van der Waals surface area contributed by atoms with Crippen LogP contribution in [0.3, 0.4) is 0 Å². The molecular formula is C14H22O7. The summed E-state index contributed by atoms with van der Waals surface area (Å²) in [7, 11) is 1.33. The third-order valence-corrected chi connectivity index (χ3v) is 1.38. The average Bonchev–Trinajstić information content (AvgIpc) is 2.44. The highest BCUT2D eigenvalue weighted by atomic mass is 16.5. The number of rotatable bonds is 5. The smallest absolute Gasteiger partial charge is 0.333 e. The number of aliphatic carboxylic acids is 1. The lowest BCUT2D eigenvalue weighted by molar-refractivity contribution is -0.140. The highest BCUT2D eigenvalue weighted by Crippen LogP contribution is 1.90. The predicted molar refractivity (Wildman–Crippen MR) is 77.5 cm³/mol. The summed E-state index contributed by atoms with van der Waals surface area (Å²) in [5, 5.41) is 15.8. The van der Waals surface area contributed by atoms with E-state index in [0.717, 1.165) is 6.08 Å². The molecule has 2 N–H and O–H groups in total. The maximum absolute atomic E-state index is 10.5. The van der Waals surface area contributed by atoms with Gasteiger partial charge in [-0.1, -0.05) is 19.7 Å². The molecule has 7 nitrogen and oxygen atoms in total. The number of hydrogen-bond acceptors (Lipinski definition) is 6. The van der Waals surface area contributed by atoms with Crippen LogP contribution in [0.25, 0.3) is 0 Å². The molecule has 0 amide bonds. The lowest BCUT2D eigenvalue weighted by atomic mass is 10.4. The van der Waals surface area contributed by atoms with Crippen molar-refractivity contribution in [1.29, 1.82) is 0 Å². The fourth-order valence-corrected chi connectivity index (χ4v) is 0.436. The van der Waals surface area contributed by atoms with Crippen LogP contribution in [-0.2, 0) is 23.9 Å². The number of hydrogen-bond donors (Lipinski definition) is 2. The number of methoxy groups -OCH3 is 1. The van der Waals surface area contributed by atoms with E-state index in [1.807, 2.05) is 0 Å². The number of ether oxygens (including phenoxy) is 2. The van der Waals surface area contributed by atoms with Crippen molar-refractivity contribution in [3.63, 3.8) is 0 Å². The van der Waals surface area contributed by atoms with Gasteiger partial charge in [-0.15, -0.1) is 0 Å².